The summed E-state index contributed by atoms with van der Waals surface area (Å²) in [5.41, 5.74) is 0. The van der Waals surface area contributed by atoms with Gasteiger partial charge in [-0.1, -0.05) is 19.3 Å². The third-order valence-corrected chi connectivity index (χ3v) is 8.75. The highest BCUT2D eigenvalue weighted by Crippen LogP contribution is 2.37. The van der Waals surface area contributed by atoms with Crippen LogP contribution in [0.4, 0.5) is 0 Å². The zero-order chi connectivity index (χ0) is 17.5. The van der Waals surface area contributed by atoms with E-state index in [2.05, 4.69) is 0 Å². The Morgan fingerprint density at radius 1 is 1.04 bits per heavy atom. The van der Waals surface area contributed by atoms with Gasteiger partial charge in [-0.05, 0) is 39.0 Å². The average molecular weight is 377 g/mol. The van der Waals surface area contributed by atoms with Crippen LogP contribution in [0, 0.1) is 0 Å². The second kappa shape index (κ2) is 7.12. The lowest BCUT2D eigenvalue weighted by atomic mass is 9.86. The molecule has 7 heteroatoms. The fraction of sp³-hybridized carbons (Fsp3) is 0.941. The van der Waals surface area contributed by atoms with Crippen molar-refractivity contribution in [3.05, 3.63) is 0 Å². The van der Waals surface area contributed by atoms with Crippen molar-refractivity contribution in [2.24, 2.45) is 0 Å². The Balaban J connectivity index is 1.88. The molecule has 4 unspecified atom stereocenters. The SMILES string of the molecule is CC(=O)N1C2CCCCC2N(S(=O)(=O)C2CCCC(Cl)C2)C[C@@H]1C. The maximum Gasteiger partial charge on any atom is 0.220 e. The molecule has 5 atom stereocenters. The van der Waals surface area contributed by atoms with Crippen LogP contribution in [0.15, 0.2) is 0 Å². The van der Waals surface area contributed by atoms with Crippen molar-refractivity contribution in [3.63, 3.8) is 0 Å². The molecule has 3 fully saturated rings. The zero-order valence-electron chi connectivity index (χ0n) is 14.7. The Morgan fingerprint density at radius 3 is 2.33 bits per heavy atom. The van der Waals surface area contributed by atoms with Gasteiger partial charge in [0, 0.05) is 37.0 Å². The molecular weight excluding hydrogens is 348 g/mol. The smallest absolute Gasteiger partial charge is 0.220 e. The van der Waals surface area contributed by atoms with Crippen LogP contribution in [0.1, 0.15) is 65.2 Å². The fourth-order valence-corrected chi connectivity index (χ4v) is 7.79. The molecule has 0 aromatic heterocycles. The molecule has 3 rings (SSSR count). The van der Waals surface area contributed by atoms with E-state index >= 15 is 0 Å². The molecular formula is C17H29ClN2O3S. The molecule has 0 spiro atoms. The van der Waals surface area contributed by atoms with Gasteiger partial charge >= 0.3 is 0 Å². The standard InChI is InChI=1S/C17H29ClN2O3S/c1-12-11-19(24(22,23)15-7-5-6-14(18)10-15)16-8-3-4-9-17(16)20(12)13(2)21/h12,14-17H,3-11H2,1-2H3/t12-,14?,15?,16?,17?/m0/s1. The Kier molecular flexibility index (Phi) is 5.48. The minimum absolute atomic E-state index is 0.0309. The largest absolute Gasteiger partial charge is 0.334 e. The number of rotatable bonds is 2. The Labute approximate surface area is 150 Å². The maximum absolute atomic E-state index is 13.3. The van der Waals surface area contributed by atoms with E-state index in [4.69, 9.17) is 11.6 Å². The zero-order valence-corrected chi connectivity index (χ0v) is 16.2. The monoisotopic (exact) mass is 376 g/mol. The molecule has 1 aliphatic heterocycles. The van der Waals surface area contributed by atoms with Crippen LogP contribution < -0.4 is 0 Å². The number of amides is 1. The van der Waals surface area contributed by atoms with E-state index in [-0.39, 0.29) is 34.7 Å². The van der Waals surface area contributed by atoms with Gasteiger partial charge in [0.1, 0.15) is 0 Å². The van der Waals surface area contributed by atoms with Gasteiger partial charge in [-0.2, -0.15) is 4.31 Å². The number of halogens is 1. The summed E-state index contributed by atoms with van der Waals surface area (Å²) in [7, 11) is -3.36. The van der Waals surface area contributed by atoms with Gasteiger partial charge in [-0.3, -0.25) is 4.79 Å². The van der Waals surface area contributed by atoms with Gasteiger partial charge in [0.05, 0.1) is 5.25 Å². The van der Waals surface area contributed by atoms with Gasteiger partial charge in [0.15, 0.2) is 0 Å². The highest BCUT2D eigenvalue weighted by atomic mass is 35.5. The highest BCUT2D eigenvalue weighted by molar-refractivity contribution is 7.89. The van der Waals surface area contributed by atoms with Crippen LogP contribution in [0.25, 0.3) is 0 Å². The molecule has 0 N–H and O–H groups in total. The number of hydrogen-bond acceptors (Lipinski definition) is 3. The van der Waals surface area contributed by atoms with E-state index in [1.807, 2.05) is 11.8 Å². The first-order valence-corrected chi connectivity index (χ1v) is 11.2. The molecule has 2 aliphatic carbocycles. The third-order valence-electron chi connectivity index (χ3n) is 6.01. The molecule has 1 heterocycles. The van der Waals surface area contributed by atoms with Gasteiger partial charge in [-0.15, -0.1) is 11.6 Å². The van der Waals surface area contributed by atoms with E-state index in [0.29, 0.717) is 19.4 Å². The summed E-state index contributed by atoms with van der Waals surface area (Å²) >= 11 is 6.25. The topological polar surface area (TPSA) is 57.7 Å². The van der Waals surface area contributed by atoms with Crippen LogP contribution in [0.2, 0.25) is 0 Å². The number of piperazine rings is 1. The van der Waals surface area contributed by atoms with Crippen LogP contribution in [0.3, 0.4) is 0 Å². The summed E-state index contributed by atoms with van der Waals surface area (Å²) in [6, 6.07) is -0.0864. The number of sulfonamides is 1. The van der Waals surface area contributed by atoms with Gasteiger partial charge in [0.2, 0.25) is 15.9 Å². The number of carbonyl (C=O) groups is 1. The van der Waals surface area contributed by atoms with E-state index in [1.165, 1.54) is 0 Å². The lowest BCUT2D eigenvalue weighted by Gasteiger charge is -2.52. The van der Waals surface area contributed by atoms with E-state index in [9.17, 15) is 13.2 Å². The third kappa shape index (κ3) is 3.34. The lowest BCUT2D eigenvalue weighted by molar-refractivity contribution is -0.139. The van der Waals surface area contributed by atoms with E-state index in [1.54, 1.807) is 11.2 Å². The molecule has 0 radical (unpaired) electrons. The predicted octanol–water partition coefficient (Wildman–Crippen LogP) is 2.73. The van der Waals surface area contributed by atoms with Gasteiger partial charge in [0.25, 0.3) is 0 Å². The molecule has 5 nitrogen and oxygen atoms in total. The number of alkyl halides is 1. The van der Waals surface area contributed by atoms with Crippen molar-refractivity contribution < 1.29 is 13.2 Å². The quantitative estimate of drug-likeness (QED) is 0.696. The van der Waals surface area contributed by atoms with Crippen LogP contribution in [0.5, 0.6) is 0 Å². The minimum Gasteiger partial charge on any atom is -0.334 e. The summed E-state index contributed by atoms with van der Waals surface area (Å²) in [4.78, 5) is 14.0. The van der Waals surface area contributed by atoms with Gasteiger partial charge in [-0.25, -0.2) is 8.42 Å². The molecule has 1 amide bonds. The molecule has 138 valence electrons. The first-order chi connectivity index (χ1) is 11.3. The van der Waals surface area contributed by atoms with Crippen molar-refractivity contribution in [2.45, 2.75) is 94.0 Å². The summed E-state index contributed by atoms with van der Waals surface area (Å²) in [5, 5.41) is -0.385. The number of carbonyl (C=O) groups excluding carboxylic acids is 1. The molecule has 0 bridgehead atoms. The fourth-order valence-electron chi connectivity index (χ4n) is 4.95. The number of hydrogen-bond donors (Lipinski definition) is 0. The van der Waals surface area contributed by atoms with E-state index < -0.39 is 10.0 Å². The molecule has 2 saturated carbocycles. The van der Waals surface area contributed by atoms with Crippen molar-refractivity contribution in [2.75, 3.05) is 6.54 Å². The number of fused-ring (bicyclic) bond motifs is 1. The average Bonchev–Trinajstić information content (AvgIpc) is 2.53. The second-order valence-corrected chi connectivity index (χ2v) is 10.5. The Bertz CT molecular complexity index is 582. The van der Waals surface area contributed by atoms with Crippen molar-refractivity contribution in [1.29, 1.82) is 0 Å². The minimum atomic E-state index is -3.36. The highest BCUT2D eigenvalue weighted by Gasteiger charge is 2.48. The molecule has 1 saturated heterocycles. The molecule has 0 aromatic rings. The summed E-state index contributed by atoms with van der Waals surface area (Å²) < 4.78 is 28.4. The van der Waals surface area contributed by atoms with Crippen LogP contribution in [-0.2, 0) is 14.8 Å². The first-order valence-electron chi connectivity index (χ1n) is 9.26. The first kappa shape index (κ1) is 18.5. The summed E-state index contributed by atoms with van der Waals surface area (Å²) in [6.45, 7) is 4.00. The Hall–Kier alpha value is -0.330. The molecule has 0 aromatic carbocycles. The summed E-state index contributed by atoms with van der Waals surface area (Å²) in [6.07, 6.45) is 6.94. The molecule has 24 heavy (non-hydrogen) atoms. The Morgan fingerprint density at radius 2 is 1.71 bits per heavy atom. The van der Waals surface area contributed by atoms with Crippen molar-refractivity contribution in [1.82, 2.24) is 9.21 Å². The molecule has 3 aliphatic rings. The van der Waals surface area contributed by atoms with Crippen LogP contribution >= 0.6 is 11.6 Å². The van der Waals surface area contributed by atoms with Crippen molar-refractivity contribution in [3.8, 4) is 0 Å². The number of nitrogens with zero attached hydrogens (tertiary/aromatic N) is 2. The van der Waals surface area contributed by atoms with Gasteiger partial charge < -0.3 is 4.90 Å². The van der Waals surface area contributed by atoms with Crippen LogP contribution in [-0.4, -0.2) is 58.8 Å². The predicted molar refractivity (Wildman–Crippen MR) is 95.5 cm³/mol. The van der Waals surface area contributed by atoms with E-state index in [0.717, 1.165) is 38.5 Å². The maximum atomic E-state index is 13.3. The second-order valence-electron chi connectivity index (χ2n) is 7.69. The summed E-state index contributed by atoms with van der Waals surface area (Å²) in [5.74, 6) is 0.0648. The van der Waals surface area contributed by atoms with Crippen molar-refractivity contribution >= 4 is 27.5 Å². The lowest BCUT2D eigenvalue weighted by Crippen LogP contribution is -2.67. The normalized spacial score (nSPS) is 38.6.